The second-order valence-corrected chi connectivity index (χ2v) is 7.13. The van der Waals surface area contributed by atoms with Crippen LogP contribution in [-0.2, 0) is 0 Å². The van der Waals surface area contributed by atoms with Crippen molar-refractivity contribution < 1.29 is 18.8 Å². The lowest BCUT2D eigenvalue weighted by Gasteiger charge is -2.29. The van der Waals surface area contributed by atoms with Gasteiger partial charge in [0.05, 0.1) is 24.8 Å². The quantitative estimate of drug-likeness (QED) is 0.626. The lowest BCUT2D eigenvalue weighted by molar-refractivity contribution is 0.0592. The van der Waals surface area contributed by atoms with Crippen molar-refractivity contribution in [2.24, 2.45) is 0 Å². The Hall–Kier alpha value is -3.82. The predicted octanol–water partition coefficient (Wildman–Crippen LogP) is 1.91. The van der Waals surface area contributed by atoms with Crippen LogP contribution in [0.5, 0.6) is 5.88 Å². The number of carbonyl (C=O) groups is 2. The van der Waals surface area contributed by atoms with Crippen molar-refractivity contribution in [1.82, 2.24) is 29.9 Å². The largest absolute Gasteiger partial charge is 0.481 e. The number of pyridine rings is 2. The third-order valence-corrected chi connectivity index (χ3v) is 5.07. The van der Waals surface area contributed by atoms with Gasteiger partial charge in [0.2, 0.25) is 5.88 Å². The highest BCUT2D eigenvalue weighted by Gasteiger charge is 2.35. The Morgan fingerprint density at radius 2 is 1.97 bits per heavy atom. The highest BCUT2D eigenvalue weighted by atomic mass is 16.5. The molecule has 0 bridgehead atoms. The Morgan fingerprint density at radius 1 is 1.13 bits per heavy atom. The second kappa shape index (κ2) is 8.90. The van der Waals surface area contributed by atoms with Gasteiger partial charge in [0.1, 0.15) is 6.04 Å². The average Bonchev–Trinajstić information content (AvgIpc) is 3.12. The van der Waals surface area contributed by atoms with Crippen molar-refractivity contribution in [3.8, 4) is 5.88 Å². The summed E-state index contributed by atoms with van der Waals surface area (Å²) in [6, 6.07) is 6.16. The van der Waals surface area contributed by atoms with E-state index in [2.05, 4.69) is 20.1 Å². The Kier molecular flexibility index (Phi) is 5.87. The molecule has 3 aromatic rings. The van der Waals surface area contributed by atoms with E-state index >= 15 is 0 Å². The van der Waals surface area contributed by atoms with Gasteiger partial charge in [0.15, 0.2) is 5.82 Å². The number of rotatable bonds is 4. The summed E-state index contributed by atoms with van der Waals surface area (Å²) in [7, 11) is 1.52. The Bertz CT molecular complexity index is 1050. The first-order chi connectivity index (χ1) is 15.1. The van der Waals surface area contributed by atoms with Crippen molar-refractivity contribution >= 4 is 11.8 Å². The number of carbonyl (C=O) groups excluding carboxylic acids is 2. The number of hydrogen-bond acceptors (Lipinski definition) is 8. The van der Waals surface area contributed by atoms with Gasteiger partial charge in [-0.05, 0) is 31.5 Å². The summed E-state index contributed by atoms with van der Waals surface area (Å²) >= 11 is 0. The maximum Gasteiger partial charge on any atom is 0.256 e. The average molecular weight is 422 g/mol. The zero-order chi connectivity index (χ0) is 21.8. The molecule has 4 rings (SSSR count). The molecule has 0 N–H and O–H groups in total. The highest BCUT2D eigenvalue weighted by Crippen LogP contribution is 2.27. The number of ether oxygens (including phenoxy) is 1. The topological polar surface area (TPSA) is 115 Å². The monoisotopic (exact) mass is 422 g/mol. The number of hydrogen-bond donors (Lipinski definition) is 0. The van der Waals surface area contributed by atoms with E-state index in [-0.39, 0.29) is 18.4 Å². The molecule has 4 heterocycles. The molecule has 10 nitrogen and oxygen atoms in total. The van der Waals surface area contributed by atoms with E-state index in [9.17, 15) is 9.59 Å². The Morgan fingerprint density at radius 3 is 2.61 bits per heavy atom. The summed E-state index contributed by atoms with van der Waals surface area (Å²) in [5, 5.41) is 3.87. The van der Waals surface area contributed by atoms with E-state index in [4.69, 9.17) is 9.26 Å². The minimum atomic E-state index is -0.577. The van der Waals surface area contributed by atoms with Gasteiger partial charge >= 0.3 is 0 Å². The van der Waals surface area contributed by atoms with E-state index in [1.165, 1.54) is 19.5 Å². The normalized spacial score (nSPS) is 16.6. The lowest BCUT2D eigenvalue weighted by atomic mass is 10.1. The Labute approximate surface area is 178 Å². The molecule has 1 unspecified atom stereocenters. The maximum atomic E-state index is 13.2. The van der Waals surface area contributed by atoms with Gasteiger partial charge in [-0.2, -0.15) is 4.98 Å². The maximum absolute atomic E-state index is 13.2. The van der Waals surface area contributed by atoms with Crippen molar-refractivity contribution in [2.45, 2.75) is 19.4 Å². The molecule has 10 heteroatoms. The number of aryl methyl sites for hydroxylation is 1. The fourth-order valence-corrected chi connectivity index (χ4v) is 3.54. The molecule has 1 atom stereocenters. The first-order valence-electron chi connectivity index (χ1n) is 9.87. The summed E-state index contributed by atoms with van der Waals surface area (Å²) in [6.07, 6.45) is 5.22. The van der Waals surface area contributed by atoms with Crippen LogP contribution in [0.1, 0.15) is 44.9 Å². The van der Waals surface area contributed by atoms with Crippen molar-refractivity contribution in [2.75, 3.05) is 26.7 Å². The molecular formula is C21H22N6O4. The van der Waals surface area contributed by atoms with Gasteiger partial charge in [-0.3, -0.25) is 14.6 Å². The fraction of sp³-hybridized carbons (Fsp3) is 0.333. The van der Waals surface area contributed by atoms with Crippen LogP contribution in [0.2, 0.25) is 0 Å². The molecule has 1 aliphatic heterocycles. The third kappa shape index (κ3) is 4.37. The molecular weight excluding hydrogens is 400 g/mol. The lowest BCUT2D eigenvalue weighted by Crippen LogP contribution is -2.40. The van der Waals surface area contributed by atoms with Crippen LogP contribution < -0.4 is 4.74 Å². The van der Waals surface area contributed by atoms with Crippen molar-refractivity contribution in [3.63, 3.8) is 0 Å². The van der Waals surface area contributed by atoms with E-state index in [1.807, 2.05) is 0 Å². The van der Waals surface area contributed by atoms with Crippen molar-refractivity contribution in [3.05, 3.63) is 65.7 Å². The second-order valence-electron chi connectivity index (χ2n) is 7.13. The molecule has 31 heavy (non-hydrogen) atoms. The molecule has 0 saturated carbocycles. The fourth-order valence-electron chi connectivity index (χ4n) is 3.54. The van der Waals surface area contributed by atoms with Gasteiger partial charge in [-0.1, -0.05) is 5.16 Å². The number of amides is 2. The minimum Gasteiger partial charge on any atom is -0.481 e. The van der Waals surface area contributed by atoms with Gasteiger partial charge in [0, 0.05) is 37.7 Å². The molecule has 0 radical (unpaired) electrons. The van der Waals surface area contributed by atoms with Gasteiger partial charge < -0.3 is 19.1 Å². The number of nitrogens with zero attached hydrogens (tertiary/aromatic N) is 6. The van der Waals surface area contributed by atoms with Gasteiger partial charge in [-0.15, -0.1) is 0 Å². The van der Waals surface area contributed by atoms with E-state index in [0.717, 1.165) is 0 Å². The molecule has 0 spiro atoms. The van der Waals surface area contributed by atoms with Crippen LogP contribution in [0.3, 0.4) is 0 Å². The summed E-state index contributed by atoms with van der Waals surface area (Å²) in [5.74, 6) is 0.800. The van der Waals surface area contributed by atoms with Crippen LogP contribution in [0, 0.1) is 6.92 Å². The summed E-state index contributed by atoms with van der Waals surface area (Å²) in [5.41, 5.74) is 0.899. The molecule has 2 amide bonds. The SMILES string of the molecule is COc1ccc(C(=O)N2CCCN(C(=O)c3cccnc3)C(c3nc(C)no3)C2)cn1. The minimum absolute atomic E-state index is 0.188. The standard InChI is InChI=1S/C21H22N6O4/c1-14-24-19(31-25-14)17-13-26(20(28)16-6-7-18(30-2)23-12-16)9-4-10-27(17)21(29)15-5-3-8-22-11-15/h3,5-8,11-12,17H,4,9-10,13H2,1-2H3. The first-order valence-corrected chi connectivity index (χ1v) is 9.87. The number of methoxy groups -OCH3 is 1. The van der Waals surface area contributed by atoms with Crippen LogP contribution in [-0.4, -0.2) is 68.5 Å². The smallest absolute Gasteiger partial charge is 0.256 e. The summed E-state index contributed by atoms with van der Waals surface area (Å²) in [4.78, 5) is 42.2. The molecule has 160 valence electrons. The van der Waals surface area contributed by atoms with E-state index in [0.29, 0.717) is 48.2 Å². The molecule has 1 aliphatic rings. The molecule has 0 aliphatic carbocycles. The molecule has 0 aromatic carbocycles. The zero-order valence-electron chi connectivity index (χ0n) is 17.3. The Balaban J connectivity index is 1.63. The van der Waals surface area contributed by atoms with Crippen LogP contribution >= 0.6 is 0 Å². The molecule has 3 aromatic heterocycles. The van der Waals surface area contributed by atoms with Gasteiger partial charge in [-0.25, -0.2) is 4.98 Å². The summed E-state index contributed by atoms with van der Waals surface area (Å²) < 4.78 is 10.5. The van der Waals surface area contributed by atoms with Crippen LogP contribution in [0.25, 0.3) is 0 Å². The van der Waals surface area contributed by atoms with Gasteiger partial charge in [0.25, 0.3) is 17.7 Å². The van der Waals surface area contributed by atoms with Crippen LogP contribution in [0.4, 0.5) is 0 Å². The predicted molar refractivity (Wildman–Crippen MR) is 108 cm³/mol. The number of aromatic nitrogens is 4. The molecule has 1 saturated heterocycles. The third-order valence-electron chi connectivity index (χ3n) is 5.07. The molecule has 1 fully saturated rings. The highest BCUT2D eigenvalue weighted by molar-refractivity contribution is 5.95. The van der Waals surface area contributed by atoms with E-state index < -0.39 is 6.04 Å². The first kappa shape index (κ1) is 20.5. The van der Waals surface area contributed by atoms with Crippen molar-refractivity contribution in [1.29, 1.82) is 0 Å². The zero-order valence-corrected chi connectivity index (χ0v) is 17.3. The van der Waals surface area contributed by atoms with Crippen LogP contribution in [0.15, 0.2) is 47.4 Å². The van der Waals surface area contributed by atoms with E-state index in [1.54, 1.807) is 47.2 Å². The summed E-state index contributed by atoms with van der Waals surface area (Å²) in [6.45, 7) is 2.84.